The number of β-amino-alcohol motifs (C(OH)–C–C–N with tert-alkyl or cyclic N) is 1. The van der Waals surface area contributed by atoms with E-state index < -0.39 is 29.8 Å². The number of aliphatic hydroxyl groups is 1. The molecule has 0 spiro atoms. The van der Waals surface area contributed by atoms with E-state index in [0.29, 0.717) is 24.4 Å². The number of pyridine rings is 1. The van der Waals surface area contributed by atoms with Crippen LogP contribution in [0.1, 0.15) is 38.9 Å². The Hall–Kier alpha value is -2.91. The first-order valence-corrected chi connectivity index (χ1v) is 10.6. The molecule has 9 heteroatoms. The minimum atomic E-state index is -0.959. The fourth-order valence-electron chi connectivity index (χ4n) is 3.91. The predicted molar refractivity (Wildman–Crippen MR) is 119 cm³/mol. The lowest BCUT2D eigenvalue weighted by Crippen LogP contribution is -2.56. The van der Waals surface area contributed by atoms with E-state index in [1.165, 1.54) is 4.90 Å². The summed E-state index contributed by atoms with van der Waals surface area (Å²) in [7, 11) is 1.58. The molecule has 0 bridgehead atoms. The highest BCUT2D eigenvalue weighted by Crippen LogP contribution is 2.28. The summed E-state index contributed by atoms with van der Waals surface area (Å²) in [6, 6.07) is 6.79. The maximum atomic E-state index is 12.5. The van der Waals surface area contributed by atoms with Crippen LogP contribution in [0.3, 0.4) is 0 Å². The van der Waals surface area contributed by atoms with E-state index in [9.17, 15) is 19.8 Å². The zero-order valence-corrected chi connectivity index (χ0v) is 18.9. The highest BCUT2D eigenvalue weighted by atomic mass is 16.6. The van der Waals surface area contributed by atoms with Gasteiger partial charge in [0, 0.05) is 43.8 Å². The Balaban J connectivity index is 1.77. The van der Waals surface area contributed by atoms with Crippen LogP contribution in [0.15, 0.2) is 30.5 Å². The van der Waals surface area contributed by atoms with Gasteiger partial charge in [0.25, 0.3) is 0 Å². The molecule has 0 saturated carbocycles. The third-order valence-electron chi connectivity index (χ3n) is 5.42. The highest BCUT2D eigenvalue weighted by molar-refractivity contribution is 5.83. The van der Waals surface area contributed by atoms with Crippen LogP contribution >= 0.6 is 0 Å². The van der Waals surface area contributed by atoms with Gasteiger partial charge in [-0.25, -0.2) is 4.79 Å². The largest absolute Gasteiger partial charge is 0.497 e. The quantitative estimate of drug-likeness (QED) is 0.698. The van der Waals surface area contributed by atoms with Crippen LogP contribution in [0.25, 0.3) is 10.9 Å². The van der Waals surface area contributed by atoms with Crippen LogP contribution in [0.2, 0.25) is 0 Å². The number of aliphatic hydroxyl groups excluding tert-OH is 1. The average molecular weight is 446 g/mol. The molecule has 1 amide bonds. The number of carbonyl (C=O) groups is 2. The first-order valence-electron chi connectivity index (χ1n) is 10.6. The SMILES string of the molecule is COc1ccc2nccc([C@@H](O)CN3CCN(C(=O)OC(C)(C)C)C[C@H]3CC(=O)O)c2c1. The summed E-state index contributed by atoms with van der Waals surface area (Å²) in [5.41, 5.74) is 0.799. The van der Waals surface area contributed by atoms with Crippen molar-refractivity contribution in [1.29, 1.82) is 0 Å². The Morgan fingerprint density at radius 2 is 2.00 bits per heavy atom. The van der Waals surface area contributed by atoms with Gasteiger partial charge in [-0.15, -0.1) is 0 Å². The summed E-state index contributed by atoms with van der Waals surface area (Å²) in [6.45, 7) is 6.65. The molecule has 0 unspecified atom stereocenters. The Kier molecular flexibility index (Phi) is 7.20. The van der Waals surface area contributed by atoms with Gasteiger partial charge in [-0.3, -0.25) is 14.7 Å². The molecule has 1 aliphatic rings. The van der Waals surface area contributed by atoms with Crippen molar-refractivity contribution in [3.8, 4) is 5.75 Å². The van der Waals surface area contributed by atoms with Crippen molar-refractivity contribution in [3.63, 3.8) is 0 Å². The van der Waals surface area contributed by atoms with Gasteiger partial charge in [0.05, 0.1) is 25.2 Å². The Bertz CT molecular complexity index is 974. The molecule has 32 heavy (non-hydrogen) atoms. The van der Waals surface area contributed by atoms with Crippen molar-refractivity contribution in [2.24, 2.45) is 0 Å². The summed E-state index contributed by atoms with van der Waals surface area (Å²) < 4.78 is 10.7. The van der Waals surface area contributed by atoms with Crippen molar-refractivity contribution in [1.82, 2.24) is 14.8 Å². The molecular formula is C23H31N3O6. The van der Waals surface area contributed by atoms with Crippen LogP contribution in [-0.2, 0) is 9.53 Å². The number of nitrogens with zero attached hydrogens (tertiary/aromatic N) is 3. The van der Waals surface area contributed by atoms with E-state index in [1.807, 2.05) is 23.1 Å². The molecule has 2 atom stereocenters. The molecule has 1 fully saturated rings. The summed E-state index contributed by atoms with van der Waals surface area (Å²) in [4.78, 5) is 31.7. The second-order valence-electron chi connectivity index (χ2n) is 8.97. The molecule has 3 rings (SSSR count). The molecule has 0 radical (unpaired) electrons. The lowest BCUT2D eigenvalue weighted by Gasteiger charge is -2.41. The molecule has 1 aliphatic heterocycles. The number of methoxy groups -OCH3 is 1. The van der Waals surface area contributed by atoms with E-state index >= 15 is 0 Å². The van der Waals surface area contributed by atoms with Crippen molar-refractivity contribution in [3.05, 3.63) is 36.0 Å². The minimum Gasteiger partial charge on any atom is -0.497 e. The van der Waals surface area contributed by atoms with Crippen LogP contribution in [0, 0.1) is 0 Å². The highest BCUT2D eigenvalue weighted by Gasteiger charge is 2.34. The van der Waals surface area contributed by atoms with Gasteiger partial charge < -0.3 is 24.6 Å². The molecule has 1 saturated heterocycles. The average Bonchev–Trinajstić information content (AvgIpc) is 2.72. The first kappa shape index (κ1) is 23.7. The normalized spacial score (nSPS) is 18.4. The third kappa shape index (κ3) is 5.86. The number of benzene rings is 1. The monoisotopic (exact) mass is 445 g/mol. The van der Waals surface area contributed by atoms with Gasteiger partial charge in [0.2, 0.25) is 0 Å². The maximum Gasteiger partial charge on any atom is 0.410 e. The number of amides is 1. The Labute approximate surface area is 187 Å². The lowest BCUT2D eigenvalue weighted by atomic mass is 10.0. The van der Waals surface area contributed by atoms with Gasteiger partial charge in [-0.05, 0) is 50.6 Å². The molecule has 9 nitrogen and oxygen atoms in total. The number of piperazine rings is 1. The summed E-state index contributed by atoms with van der Waals surface area (Å²) >= 11 is 0. The topological polar surface area (TPSA) is 112 Å². The molecule has 1 aromatic heterocycles. The van der Waals surface area contributed by atoms with Crippen LogP contribution in [0.4, 0.5) is 4.79 Å². The first-order chi connectivity index (χ1) is 15.1. The van der Waals surface area contributed by atoms with Crippen molar-refractivity contribution in [2.45, 2.75) is 44.9 Å². The fourth-order valence-corrected chi connectivity index (χ4v) is 3.91. The Morgan fingerprint density at radius 1 is 1.25 bits per heavy atom. The summed E-state index contributed by atoms with van der Waals surface area (Å²) in [6.07, 6.45) is 0.178. The molecule has 2 aromatic rings. The second-order valence-corrected chi connectivity index (χ2v) is 8.97. The van der Waals surface area contributed by atoms with Crippen molar-refractivity contribution in [2.75, 3.05) is 33.3 Å². The number of rotatable bonds is 6. The number of ether oxygens (including phenoxy) is 2. The van der Waals surface area contributed by atoms with Crippen LogP contribution in [-0.4, -0.2) is 82.0 Å². The van der Waals surface area contributed by atoms with Crippen LogP contribution in [0.5, 0.6) is 5.75 Å². The Morgan fingerprint density at radius 3 is 2.66 bits per heavy atom. The maximum absolute atomic E-state index is 12.5. The van der Waals surface area contributed by atoms with E-state index in [-0.39, 0.29) is 19.5 Å². The predicted octanol–water partition coefficient (Wildman–Crippen LogP) is 2.67. The summed E-state index contributed by atoms with van der Waals surface area (Å²) in [5.74, 6) is -0.298. The van der Waals surface area contributed by atoms with Gasteiger partial charge in [0.1, 0.15) is 11.4 Å². The van der Waals surface area contributed by atoms with Gasteiger partial charge in [-0.1, -0.05) is 0 Å². The van der Waals surface area contributed by atoms with Crippen molar-refractivity contribution >= 4 is 23.0 Å². The number of fused-ring (bicyclic) bond motifs is 1. The number of carboxylic acids is 1. The minimum absolute atomic E-state index is 0.142. The molecule has 0 aliphatic carbocycles. The number of carboxylic acid groups (broad SMARTS) is 1. The smallest absolute Gasteiger partial charge is 0.410 e. The van der Waals surface area contributed by atoms with E-state index in [1.54, 1.807) is 40.1 Å². The molecule has 2 heterocycles. The second kappa shape index (κ2) is 9.70. The van der Waals surface area contributed by atoms with E-state index in [0.717, 1.165) is 10.9 Å². The molecular weight excluding hydrogens is 414 g/mol. The number of aliphatic carboxylic acids is 1. The zero-order chi connectivity index (χ0) is 23.5. The lowest BCUT2D eigenvalue weighted by molar-refractivity contribution is -0.139. The molecule has 174 valence electrons. The van der Waals surface area contributed by atoms with Crippen molar-refractivity contribution < 1.29 is 29.3 Å². The molecule has 2 N–H and O–H groups in total. The van der Waals surface area contributed by atoms with Crippen LogP contribution < -0.4 is 4.74 Å². The number of hydrogen-bond acceptors (Lipinski definition) is 7. The molecule has 1 aromatic carbocycles. The third-order valence-corrected chi connectivity index (χ3v) is 5.42. The zero-order valence-electron chi connectivity index (χ0n) is 18.9. The van der Waals surface area contributed by atoms with Gasteiger partial charge in [0.15, 0.2) is 0 Å². The number of carbonyl (C=O) groups excluding carboxylic acids is 1. The van der Waals surface area contributed by atoms with Gasteiger partial charge >= 0.3 is 12.1 Å². The van der Waals surface area contributed by atoms with E-state index in [2.05, 4.69) is 4.98 Å². The summed E-state index contributed by atoms with van der Waals surface area (Å²) in [5, 5.41) is 21.2. The number of aromatic nitrogens is 1. The standard InChI is InChI=1S/C23H31N3O6/c1-23(2,3)32-22(30)26-10-9-25(15(13-26)11-21(28)29)14-20(27)17-7-8-24-19-6-5-16(31-4)12-18(17)19/h5-8,12,15,20,27H,9-11,13-14H2,1-4H3,(H,28,29)/t15-,20+/m1/s1. The van der Waals surface area contributed by atoms with Gasteiger partial charge in [-0.2, -0.15) is 0 Å². The van der Waals surface area contributed by atoms with E-state index in [4.69, 9.17) is 9.47 Å². The number of hydrogen-bond donors (Lipinski definition) is 2. The fraction of sp³-hybridized carbons (Fsp3) is 0.522.